The van der Waals surface area contributed by atoms with Crippen molar-refractivity contribution in [1.82, 2.24) is 5.32 Å². The summed E-state index contributed by atoms with van der Waals surface area (Å²) < 4.78 is 0. The monoisotopic (exact) mass is 247 g/mol. The fourth-order valence-electron chi connectivity index (χ4n) is 1.35. The summed E-state index contributed by atoms with van der Waals surface area (Å²) in [6.07, 6.45) is 3.11. The molecule has 0 aromatic heterocycles. The van der Waals surface area contributed by atoms with E-state index in [1.54, 1.807) is 13.0 Å². The summed E-state index contributed by atoms with van der Waals surface area (Å²) in [7, 11) is 0. The van der Waals surface area contributed by atoms with Gasteiger partial charge in [-0.1, -0.05) is 36.8 Å². The third kappa shape index (κ3) is 4.82. The van der Waals surface area contributed by atoms with Crippen LogP contribution in [0.5, 0.6) is 0 Å². The highest BCUT2D eigenvalue weighted by Gasteiger charge is 2.10. The Morgan fingerprint density at radius 3 is 2.78 bits per heavy atom. The van der Waals surface area contributed by atoms with Gasteiger partial charge in [-0.25, -0.2) is 0 Å². The van der Waals surface area contributed by atoms with Crippen molar-refractivity contribution < 1.29 is 14.7 Å². The molecule has 1 aromatic carbocycles. The van der Waals surface area contributed by atoms with Gasteiger partial charge in [-0.3, -0.25) is 9.59 Å². The average Bonchev–Trinajstić information content (AvgIpc) is 2.33. The lowest BCUT2D eigenvalue weighted by Gasteiger charge is -2.05. The largest absolute Gasteiger partial charge is 0.481 e. The van der Waals surface area contributed by atoms with Crippen LogP contribution < -0.4 is 5.32 Å². The number of aliphatic carboxylic acids is 1. The predicted octanol–water partition coefficient (Wildman–Crippen LogP) is 1.85. The van der Waals surface area contributed by atoms with E-state index in [2.05, 4.69) is 5.32 Å². The van der Waals surface area contributed by atoms with Gasteiger partial charge >= 0.3 is 5.97 Å². The summed E-state index contributed by atoms with van der Waals surface area (Å²) in [5, 5.41) is 11.2. The van der Waals surface area contributed by atoms with Crippen LogP contribution in [-0.2, 0) is 9.59 Å². The molecule has 0 bridgehead atoms. The summed E-state index contributed by atoms with van der Waals surface area (Å²) in [6, 6.07) is 7.76. The Kier molecular flexibility index (Phi) is 5.11. The lowest BCUT2D eigenvalue weighted by atomic mass is 10.1. The smallest absolute Gasteiger partial charge is 0.308 e. The number of rotatable bonds is 5. The van der Waals surface area contributed by atoms with Crippen LogP contribution in [0.25, 0.3) is 6.08 Å². The minimum absolute atomic E-state index is 0.131. The molecule has 4 nitrogen and oxygen atoms in total. The van der Waals surface area contributed by atoms with Crippen LogP contribution >= 0.6 is 0 Å². The van der Waals surface area contributed by atoms with Crippen LogP contribution in [-0.4, -0.2) is 23.5 Å². The lowest BCUT2D eigenvalue weighted by molar-refractivity contribution is -0.141. The molecule has 0 aliphatic carbocycles. The minimum atomic E-state index is -0.919. The van der Waals surface area contributed by atoms with Gasteiger partial charge in [0.05, 0.1) is 5.92 Å². The standard InChI is InChI=1S/C14H17NO3/c1-10-4-3-5-12(8-10)6-7-13(16)15-9-11(2)14(17)18/h3-8,11H,9H2,1-2H3,(H,15,16)(H,17,18)/b7-6-/t11-/m1/s1. The molecule has 2 N–H and O–H groups in total. The number of hydrogen-bond acceptors (Lipinski definition) is 2. The SMILES string of the molecule is Cc1cccc(/C=C\C(=O)NC[C@@H](C)C(=O)O)c1. The molecule has 0 radical (unpaired) electrons. The molecular weight excluding hydrogens is 230 g/mol. The molecule has 1 atom stereocenters. The fourth-order valence-corrected chi connectivity index (χ4v) is 1.35. The maximum absolute atomic E-state index is 11.4. The first-order chi connectivity index (χ1) is 8.49. The number of hydrogen-bond donors (Lipinski definition) is 2. The second-order valence-corrected chi connectivity index (χ2v) is 4.23. The van der Waals surface area contributed by atoms with Crippen LogP contribution in [0.15, 0.2) is 30.3 Å². The van der Waals surface area contributed by atoms with Gasteiger partial charge in [-0.15, -0.1) is 0 Å². The number of aryl methyl sites for hydroxylation is 1. The third-order valence-corrected chi connectivity index (χ3v) is 2.47. The van der Waals surface area contributed by atoms with E-state index in [9.17, 15) is 9.59 Å². The van der Waals surface area contributed by atoms with Crippen molar-refractivity contribution in [3.05, 3.63) is 41.5 Å². The zero-order valence-corrected chi connectivity index (χ0v) is 10.5. The quantitative estimate of drug-likeness (QED) is 0.780. The van der Waals surface area contributed by atoms with E-state index in [-0.39, 0.29) is 12.5 Å². The molecule has 0 saturated heterocycles. The highest BCUT2D eigenvalue weighted by molar-refractivity contribution is 5.91. The van der Waals surface area contributed by atoms with Crippen LogP contribution in [0.2, 0.25) is 0 Å². The normalized spacial score (nSPS) is 12.3. The first kappa shape index (κ1) is 14.0. The van der Waals surface area contributed by atoms with E-state index >= 15 is 0 Å². The molecule has 0 heterocycles. The maximum atomic E-state index is 11.4. The van der Waals surface area contributed by atoms with E-state index < -0.39 is 11.9 Å². The van der Waals surface area contributed by atoms with Crippen LogP contribution in [0.4, 0.5) is 0 Å². The number of benzene rings is 1. The Balaban J connectivity index is 2.47. The Labute approximate surface area is 106 Å². The Bertz CT molecular complexity index is 466. The Hall–Kier alpha value is -2.10. The number of carboxylic acid groups (broad SMARTS) is 1. The molecule has 4 heteroatoms. The van der Waals surface area contributed by atoms with Gasteiger partial charge in [-0.05, 0) is 18.6 Å². The molecule has 0 aliphatic heterocycles. The van der Waals surface area contributed by atoms with E-state index in [1.165, 1.54) is 6.08 Å². The van der Waals surface area contributed by atoms with Crippen molar-refractivity contribution in [2.75, 3.05) is 6.54 Å². The van der Waals surface area contributed by atoms with Crippen molar-refractivity contribution in [3.63, 3.8) is 0 Å². The molecule has 0 unspecified atom stereocenters. The summed E-state index contributed by atoms with van der Waals surface area (Å²) >= 11 is 0. The molecule has 18 heavy (non-hydrogen) atoms. The summed E-state index contributed by atoms with van der Waals surface area (Å²) in [5.74, 6) is -1.79. The van der Waals surface area contributed by atoms with Crippen molar-refractivity contribution in [2.24, 2.45) is 5.92 Å². The summed E-state index contributed by atoms with van der Waals surface area (Å²) in [6.45, 7) is 3.66. The van der Waals surface area contributed by atoms with Crippen LogP contribution in [0, 0.1) is 12.8 Å². The van der Waals surface area contributed by atoms with E-state index in [0.29, 0.717) is 0 Å². The first-order valence-electron chi connectivity index (χ1n) is 5.74. The van der Waals surface area contributed by atoms with Gasteiger partial charge in [0.15, 0.2) is 0 Å². The maximum Gasteiger partial charge on any atom is 0.308 e. The number of carboxylic acids is 1. The number of nitrogens with one attached hydrogen (secondary N) is 1. The zero-order chi connectivity index (χ0) is 13.5. The van der Waals surface area contributed by atoms with Gasteiger partial charge in [0, 0.05) is 12.6 Å². The second kappa shape index (κ2) is 6.59. The van der Waals surface area contributed by atoms with E-state index in [1.807, 2.05) is 31.2 Å². The molecule has 0 fully saturated rings. The molecule has 1 aromatic rings. The zero-order valence-electron chi connectivity index (χ0n) is 10.5. The highest BCUT2D eigenvalue weighted by Crippen LogP contribution is 2.05. The number of carbonyl (C=O) groups excluding carboxylic acids is 1. The highest BCUT2D eigenvalue weighted by atomic mass is 16.4. The van der Waals surface area contributed by atoms with Crippen molar-refractivity contribution in [3.8, 4) is 0 Å². The fraction of sp³-hybridized carbons (Fsp3) is 0.286. The van der Waals surface area contributed by atoms with Gasteiger partial charge in [0.25, 0.3) is 0 Å². The van der Waals surface area contributed by atoms with Crippen LogP contribution in [0.1, 0.15) is 18.1 Å². The minimum Gasteiger partial charge on any atom is -0.481 e. The lowest BCUT2D eigenvalue weighted by Crippen LogP contribution is -2.30. The van der Waals surface area contributed by atoms with Gasteiger partial charge < -0.3 is 10.4 Å². The first-order valence-corrected chi connectivity index (χ1v) is 5.74. The van der Waals surface area contributed by atoms with Gasteiger partial charge in [0.1, 0.15) is 0 Å². The average molecular weight is 247 g/mol. The molecule has 0 spiro atoms. The van der Waals surface area contributed by atoms with E-state index in [0.717, 1.165) is 11.1 Å². The van der Waals surface area contributed by atoms with E-state index in [4.69, 9.17) is 5.11 Å². The molecule has 96 valence electrons. The molecule has 1 rings (SSSR count). The second-order valence-electron chi connectivity index (χ2n) is 4.23. The third-order valence-electron chi connectivity index (χ3n) is 2.47. The number of carbonyl (C=O) groups is 2. The Morgan fingerprint density at radius 2 is 2.17 bits per heavy atom. The molecule has 0 saturated carbocycles. The van der Waals surface area contributed by atoms with Crippen molar-refractivity contribution >= 4 is 18.0 Å². The van der Waals surface area contributed by atoms with Crippen LogP contribution in [0.3, 0.4) is 0 Å². The molecular formula is C14H17NO3. The predicted molar refractivity (Wildman–Crippen MR) is 70.0 cm³/mol. The summed E-state index contributed by atoms with van der Waals surface area (Å²) in [4.78, 5) is 22.0. The van der Waals surface area contributed by atoms with Crippen molar-refractivity contribution in [2.45, 2.75) is 13.8 Å². The molecule has 1 amide bonds. The molecule has 0 aliphatic rings. The van der Waals surface area contributed by atoms with Crippen molar-refractivity contribution in [1.29, 1.82) is 0 Å². The van der Waals surface area contributed by atoms with Gasteiger partial charge in [-0.2, -0.15) is 0 Å². The Morgan fingerprint density at radius 1 is 1.44 bits per heavy atom. The number of amides is 1. The van der Waals surface area contributed by atoms with Gasteiger partial charge in [0.2, 0.25) is 5.91 Å². The summed E-state index contributed by atoms with van der Waals surface area (Å²) in [5.41, 5.74) is 2.06. The topological polar surface area (TPSA) is 66.4 Å².